The average molecular weight is 197 g/mol. The van der Waals surface area contributed by atoms with E-state index in [1.807, 2.05) is 0 Å². The Morgan fingerprint density at radius 2 is 2.00 bits per heavy atom. The topological polar surface area (TPSA) is 40.5 Å². The minimum absolute atomic E-state index is 0.635. The Morgan fingerprint density at radius 1 is 1.50 bits per heavy atom. The number of likely N-dealkylation sites (tertiary alicyclic amines) is 1. The van der Waals surface area contributed by atoms with Gasteiger partial charge in [-0.1, -0.05) is 12.2 Å². The monoisotopic (exact) mass is 197 g/mol. The number of aliphatic carboxylic acids is 1. The zero-order chi connectivity index (χ0) is 10.8. The van der Waals surface area contributed by atoms with Gasteiger partial charge in [-0.3, -0.25) is 4.79 Å². The molecule has 0 spiro atoms. The smallest absolute Gasteiger partial charge is 0.310 e. The first-order valence-corrected chi connectivity index (χ1v) is 5.04. The van der Waals surface area contributed by atoms with Crippen LogP contribution in [0, 0.1) is 5.41 Å². The van der Waals surface area contributed by atoms with Gasteiger partial charge < -0.3 is 10.0 Å². The Morgan fingerprint density at radius 3 is 2.43 bits per heavy atom. The van der Waals surface area contributed by atoms with Crippen LogP contribution in [0.25, 0.3) is 0 Å². The van der Waals surface area contributed by atoms with Crippen LogP contribution in [0.15, 0.2) is 12.2 Å². The second-order valence-corrected chi connectivity index (χ2v) is 4.72. The van der Waals surface area contributed by atoms with E-state index in [0.717, 1.165) is 25.9 Å². The van der Waals surface area contributed by atoms with E-state index in [1.165, 1.54) is 5.57 Å². The predicted octanol–water partition coefficient (Wildman–Crippen LogP) is 1.75. The molecule has 0 unspecified atom stereocenters. The van der Waals surface area contributed by atoms with Crippen molar-refractivity contribution < 1.29 is 9.90 Å². The highest BCUT2D eigenvalue weighted by Gasteiger charge is 2.30. The van der Waals surface area contributed by atoms with E-state index in [0.29, 0.717) is 6.54 Å². The summed E-state index contributed by atoms with van der Waals surface area (Å²) in [5.74, 6) is -0.720. The van der Waals surface area contributed by atoms with Gasteiger partial charge >= 0.3 is 5.97 Å². The highest BCUT2D eigenvalue weighted by Crippen LogP contribution is 2.21. The first-order valence-electron chi connectivity index (χ1n) is 5.04. The van der Waals surface area contributed by atoms with Crippen molar-refractivity contribution in [2.24, 2.45) is 5.41 Å². The number of hydrogen-bond donors (Lipinski definition) is 1. The Balaban J connectivity index is 2.45. The molecule has 0 bridgehead atoms. The zero-order valence-corrected chi connectivity index (χ0v) is 9.05. The van der Waals surface area contributed by atoms with E-state index in [9.17, 15) is 4.79 Å². The highest BCUT2D eigenvalue weighted by molar-refractivity contribution is 5.73. The van der Waals surface area contributed by atoms with Gasteiger partial charge in [0.2, 0.25) is 0 Å². The van der Waals surface area contributed by atoms with Crippen molar-refractivity contribution in [3.05, 3.63) is 12.2 Å². The minimum atomic E-state index is -0.720. The fraction of sp³-hybridized carbons (Fsp3) is 0.727. The third-order valence-corrected chi connectivity index (χ3v) is 2.76. The Bertz CT molecular complexity index is 236. The lowest BCUT2D eigenvalue weighted by molar-refractivity contribution is -0.148. The molecule has 3 heteroatoms. The van der Waals surface area contributed by atoms with Crippen molar-refractivity contribution in [1.29, 1.82) is 0 Å². The molecule has 0 radical (unpaired) electrons. The summed E-state index contributed by atoms with van der Waals surface area (Å²) in [7, 11) is 0. The Kier molecular flexibility index (Phi) is 3.32. The molecule has 0 aliphatic carbocycles. The van der Waals surface area contributed by atoms with Gasteiger partial charge in [-0.25, -0.2) is 0 Å². The molecule has 14 heavy (non-hydrogen) atoms. The normalized spacial score (nSPS) is 19.7. The second kappa shape index (κ2) is 4.13. The molecular formula is C11H19NO2. The minimum Gasteiger partial charge on any atom is -0.481 e. The van der Waals surface area contributed by atoms with Gasteiger partial charge in [-0.15, -0.1) is 0 Å². The van der Waals surface area contributed by atoms with E-state index in [1.54, 1.807) is 13.8 Å². The zero-order valence-electron chi connectivity index (χ0n) is 9.05. The van der Waals surface area contributed by atoms with Gasteiger partial charge in [0.05, 0.1) is 5.41 Å². The summed E-state index contributed by atoms with van der Waals surface area (Å²) < 4.78 is 0. The summed E-state index contributed by atoms with van der Waals surface area (Å²) >= 11 is 0. The van der Waals surface area contributed by atoms with Crippen molar-refractivity contribution in [3.8, 4) is 0 Å². The lowest BCUT2D eigenvalue weighted by Crippen LogP contribution is -2.41. The summed E-state index contributed by atoms with van der Waals surface area (Å²) in [6.45, 7) is 10.0. The number of carboxylic acids is 1. The molecule has 0 aromatic rings. The molecule has 0 aromatic heterocycles. The van der Waals surface area contributed by atoms with Crippen molar-refractivity contribution >= 4 is 5.97 Å². The van der Waals surface area contributed by atoms with Gasteiger partial charge in [0.1, 0.15) is 0 Å². The molecule has 1 aliphatic heterocycles. The highest BCUT2D eigenvalue weighted by atomic mass is 16.4. The lowest BCUT2D eigenvalue weighted by Gasteiger charge is -2.33. The van der Waals surface area contributed by atoms with Crippen molar-refractivity contribution in [2.75, 3.05) is 19.6 Å². The van der Waals surface area contributed by atoms with Crippen LogP contribution in [0.2, 0.25) is 0 Å². The van der Waals surface area contributed by atoms with Crippen LogP contribution in [-0.2, 0) is 4.79 Å². The SMILES string of the molecule is C=C1CCN(CC(C)(C)C(=O)O)CC1. The summed E-state index contributed by atoms with van der Waals surface area (Å²) in [5.41, 5.74) is 0.646. The summed E-state index contributed by atoms with van der Waals surface area (Å²) in [6, 6.07) is 0. The van der Waals surface area contributed by atoms with E-state index >= 15 is 0 Å². The van der Waals surface area contributed by atoms with E-state index in [-0.39, 0.29) is 0 Å². The molecule has 0 atom stereocenters. The number of hydrogen-bond acceptors (Lipinski definition) is 2. The summed E-state index contributed by atoms with van der Waals surface area (Å²) in [5, 5.41) is 8.98. The molecular weight excluding hydrogens is 178 g/mol. The average Bonchev–Trinajstić information content (AvgIpc) is 2.08. The second-order valence-electron chi connectivity index (χ2n) is 4.72. The van der Waals surface area contributed by atoms with Crippen molar-refractivity contribution in [1.82, 2.24) is 4.90 Å². The molecule has 3 nitrogen and oxygen atoms in total. The number of nitrogens with zero attached hydrogens (tertiary/aromatic N) is 1. The third-order valence-electron chi connectivity index (χ3n) is 2.76. The summed E-state index contributed by atoms with van der Waals surface area (Å²) in [6.07, 6.45) is 2.02. The molecule has 1 N–H and O–H groups in total. The van der Waals surface area contributed by atoms with Crippen LogP contribution in [0.1, 0.15) is 26.7 Å². The fourth-order valence-electron chi connectivity index (χ4n) is 1.65. The van der Waals surface area contributed by atoms with Gasteiger partial charge in [-0.05, 0) is 26.7 Å². The van der Waals surface area contributed by atoms with Gasteiger partial charge in [0, 0.05) is 19.6 Å². The number of carbonyl (C=O) groups is 1. The van der Waals surface area contributed by atoms with Crippen LogP contribution in [0.4, 0.5) is 0 Å². The molecule has 0 aromatic carbocycles. The standard InChI is InChI=1S/C11H19NO2/c1-9-4-6-12(7-5-9)8-11(2,3)10(13)14/h1,4-8H2,2-3H3,(H,13,14). The molecule has 0 saturated carbocycles. The fourth-order valence-corrected chi connectivity index (χ4v) is 1.65. The lowest BCUT2D eigenvalue weighted by atomic mass is 9.92. The molecule has 1 heterocycles. The molecule has 1 fully saturated rings. The predicted molar refractivity (Wildman–Crippen MR) is 56.2 cm³/mol. The molecule has 1 saturated heterocycles. The third kappa shape index (κ3) is 2.84. The van der Waals surface area contributed by atoms with Crippen molar-refractivity contribution in [3.63, 3.8) is 0 Å². The number of carboxylic acid groups (broad SMARTS) is 1. The molecule has 0 amide bonds. The molecule has 1 rings (SSSR count). The Hall–Kier alpha value is -0.830. The molecule has 1 aliphatic rings. The maximum atomic E-state index is 10.9. The maximum Gasteiger partial charge on any atom is 0.310 e. The Labute approximate surface area is 85.4 Å². The first-order chi connectivity index (χ1) is 6.42. The summed E-state index contributed by atoms with van der Waals surface area (Å²) in [4.78, 5) is 13.1. The van der Waals surface area contributed by atoms with Gasteiger partial charge in [0.25, 0.3) is 0 Å². The van der Waals surface area contributed by atoms with Gasteiger partial charge in [-0.2, -0.15) is 0 Å². The van der Waals surface area contributed by atoms with Crippen molar-refractivity contribution in [2.45, 2.75) is 26.7 Å². The first kappa shape index (κ1) is 11.2. The van der Waals surface area contributed by atoms with Crippen LogP contribution >= 0.6 is 0 Å². The van der Waals surface area contributed by atoms with E-state index in [2.05, 4.69) is 11.5 Å². The van der Waals surface area contributed by atoms with E-state index in [4.69, 9.17) is 5.11 Å². The van der Waals surface area contributed by atoms with E-state index < -0.39 is 11.4 Å². The number of piperidine rings is 1. The largest absolute Gasteiger partial charge is 0.481 e. The quantitative estimate of drug-likeness (QED) is 0.701. The van der Waals surface area contributed by atoms with Crippen LogP contribution < -0.4 is 0 Å². The molecule has 80 valence electrons. The van der Waals surface area contributed by atoms with Crippen LogP contribution in [0.3, 0.4) is 0 Å². The van der Waals surface area contributed by atoms with Crippen LogP contribution in [0.5, 0.6) is 0 Å². The maximum absolute atomic E-state index is 10.9. The van der Waals surface area contributed by atoms with Crippen LogP contribution in [-0.4, -0.2) is 35.6 Å². The van der Waals surface area contributed by atoms with Gasteiger partial charge in [0.15, 0.2) is 0 Å². The number of rotatable bonds is 3.